The first kappa shape index (κ1) is 21.8. The highest BCUT2D eigenvalue weighted by Gasteiger charge is 2.16. The smallest absolute Gasteiger partial charge is 0.253 e. The van der Waals surface area contributed by atoms with E-state index in [0.29, 0.717) is 30.2 Å². The first-order valence-electron chi connectivity index (χ1n) is 9.93. The molecule has 0 fully saturated rings. The van der Waals surface area contributed by atoms with Crippen molar-refractivity contribution in [3.05, 3.63) is 76.1 Å². The van der Waals surface area contributed by atoms with Crippen LogP contribution in [0.4, 0.5) is 0 Å². The summed E-state index contributed by atoms with van der Waals surface area (Å²) in [6, 6.07) is 17.5. The number of hydrogen-bond donors (Lipinski definition) is 3. The van der Waals surface area contributed by atoms with Crippen LogP contribution in [0.15, 0.2) is 59.4 Å². The number of ether oxygens (including phenoxy) is 1. The maximum atomic E-state index is 12.6. The van der Waals surface area contributed by atoms with Crippen molar-refractivity contribution < 1.29 is 9.84 Å². The normalized spacial score (nSPS) is 11.8. The Bertz CT molecular complexity index is 1050. The number of pyridine rings is 1. The highest BCUT2D eigenvalue weighted by molar-refractivity contribution is 7.80. The molecule has 30 heavy (non-hydrogen) atoms. The molecule has 158 valence electrons. The summed E-state index contributed by atoms with van der Waals surface area (Å²) in [7, 11) is 1.61. The molecular formula is C23H27N3O3S. The molecule has 0 bridgehead atoms. The first-order chi connectivity index (χ1) is 14.5. The highest BCUT2D eigenvalue weighted by Crippen LogP contribution is 2.19. The number of nitrogens with zero attached hydrogens (tertiary/aromatic N) is 1. The van der Waals surface area contributed by atoms with Gasteiger partial charge in [-0.25, -0.2) is 0 Å². The maximum absolute atomic E-state index is 12.6. The Balaban J connectivity index is 1.82. The van der Waals surface area contributed by atoms with Crippen molar-refractivity contribution in [2.75, 3.05) is 20.3 Å². The monoisotopic (exact) mass is 425 g/mol. The number of aliphatic hydroxyl groups excluding tert-OH is 1. The van der Waals surface area contributed by atoms with Crippen LogP contribution in [-0.4, -0.2) is 40.4 Å². The van der Waals surface area contributed by atoms with Gasteiger partial charge in [0.05, 0.1) is 19.7 Å². The van der Waals surface area contributed by atoms with Crippen molar-refractivity contribution >= 4 is 28.2 Å². The molecule has 0 radical (unpaired) electrons. The Hall–Kier alpha value is -2.90. The van der Waals surface area contributed by atoms with Crippen LogP contribution in [0.3, 0.4) is 0 Å². The van der Waals surface area contributed by atoms with Crippen LogP contribution < -0.4 is 15.6 Å². The van der Waals surface area contributed by atoms with Crippen molar-refractivity contribution in [1.29, 1.82) is 0 Å². The number of aromatic amines is 1. The summed E-state index contributed by atoms with van der Waals surface area (Å²) in [6.07, 6.45) is 0.556. The predicted octanol–water partition coefficient (Wildman–Crippen LogP) is 3.36. The molecule has 7 heteroatoms. The average Bonchev–Trinajstić information content (AvgIpc) is 2.77. The molecular weight excluding hydrogens is 398 g/mol. The van der Waals surface area contributed by atoms with Crippen molar-refractivity contribution in [1.82, 2.24) is 15.2 Å². The Kier molecular flexibility index (Phi) is 7.43. The lowest BCUT2D eigenvalue weighted by molar-refractivity contribution is 0.263. The topological polar surface area (TPSA) is 77.6 Å². The van der Waals surface area contributed by atoms with Crippen molar-refractivity contribution in [2.24, 2.45) is 0 Å². The van der Waals surface area contributed by atoms with Crippen LogP contribution in [0.25, 0.3) is 10.9 Å². The summed E-state index contributed by atoms with van der Waals surface area (Å²) in [4.78, 5) is 17.5. The summed E-state index contributed by atoms with van der Waals surface area (Å²) in [5, 5.41) is 14.1. The van der Waals surface area contributed by atoms with E-state index < -0.39 is 0 Å². The number of hydrogen-bond acceptors (Lipinski definition) is 4. The molecule has 3 N–H and O–H groups in total. The van der Waals surface area contributed by atoms with Gasteiger partial charge in [0.15, 0.2) is 5.11 Å². The number of thiocarbonyl (C=S) groups is 1. The molecule has 3 aromatic rings. The van der Waals surface area contributed by atoms with E-state index in [1.54, 1.807) is 7.11 Å². The Morgan fingerprint density at radius 1 is 1.23 bits per heavy atom. The number of fused-ring (bicyclic) bond motifs is 1. The largest absolute Gasteiger partial charge is 0.497 e. The quantitative estimate of drug-likeness (QED) is 0.481. The number of H-pyrrole nitrogens is 1. The van der Waals surface area contributed by atoms with Crippen LogP contribution in [0.2, 0.25) is 0 Å². The van der Waals surface area contributed by atoms with E-state index in [1.807, 2.05) is 66.4 Å². The molecule has 6 nitrogen and oxygen atoms in total. The molecule has 0 aliphatic heterocycles. The third-order valence-electron chi connectivity index (χ3n) is 5.00. The lowest BCUT2D eigenvalue weighted by atomic mass is 10.1. The Morgan fingerprint density at radius 2 is 2.00 bits per heavy atom. The minimum atomic E-state index is -0.152. The molecule has 1 heterocycles. The molecule has 1 atom stereocenters. The fraction of sp³-hybridized carbons (Fsp3) is 0.304. The van der Waals surface area contributed by atoms with Gasteiger partial charge in [-0.15, -0.1) is 0 Å². The Labute approximate surface area is 181 Å². The van der Waals surface area contributed by atoms with Crippen molar-refractivity contribution in [3.63, 3.8) is 0 Å². The van der Waals surface area contributed by atoms with Crippen LogP contribution in [0.5, 0.6) is 5.75 Å². The summed E-state index contributed by atoms with van der Waals surface area (Å²) in [5.74, 6) is 0.728. The minimum Gasteiger partial charge on any atom is -0.497 e. The number of aromatic nitrogens is 1. The molecule has 2 aromatic carbocycles. The maximum Gasteiger partial charge on any atom is 0.253 e. The van der Waals surface area contributed by atoms with Gasteiger partial charge in [0, 0.05) is 29.6 Å². The summed E-state index contributed by atoms with van der Waals surface area (Å²) in [6.45, 7) is 2.98. The Morgan fingerprint density at radius 3 is 2.70 bits per heavy atom. The van der Waals surface area contributed by atoms with Gasteiger partial charge in [0.25, 0.3) is 5.56 Å². The second kappa shape index (κ2) is 10.2. The number of methoxy groups -OCH3 is 1. The van der Waals surface area contributed by atoms with Crippen molar-refractivity contribution in [2.45, 2.75) is 25.9 Å². The molecule has 0 saturated heterocycles. The summed E-state index contributed by atoms with van der Waals surface area (Å²) in [5.41, 5.74) is 2.33. The molecule has 0 spiro atoms. The SMILES string of the molecule is COc1ccc2[nH]c(=O)c(CN(CCCO)C(=S)N[C@@H](C)c3ccccc3)cc2c1. The average molecular weight is 426 g/mol. The van der Waals surface area contributed by atoms with Gasteiger partial charge in [0.1, 0.15) is 5.75 Å². The standard InChI is InChI=1S/C23H27N3O3S/c1-16(17-7-4-3-5-8-17)24-23(30)26(11-6-12-27)15-19-13-18-14-20(29-2)9-10-21(18)25-22(19)28/h3-5,7-10,13-14,16,27H,6,11-12,15H2,1-2H3,(H,24,30)(H,25,28)/t16-/m0/s1. The molecule has 0 saturated carbocycles. The zero-order chi connectivity index (χ0) is 21.5. The van der Waals surface area contributed by atoms with E-state index in [-0.39, 0.29) is 18.2 Å². The summed E-state index contributed by atoms with van der Waals surface area (Å²) >= 11 is 5.64. The molecule has 0 unspecified atom stereocenters. The second-order valence-corrected chi connectivity index (χ2v) is 7.54. The number of aliphatic hydroxyl groups is 1. The fourth-order valence-corrected chi connectivity index (χ4v) is 3.63. The van der Waals surface area contributed by atoms with Crippen molar-refractivity contribution in [3.8, 4) is 5.75 Å². The molecule has 3 rings (SSSR count). The zero-order valence-electron chi connectivity index (χ0n) is 17.2. The van der Waals surface area contributed by atoms with E-state index in [2.05, 4.69) is 10.3 Å². The van der Waals surface area contributed by atoms with Gasteiger partial charge in [-0.2, -0.15) is 0 Å². The third-order valence-corrected chi connectivity index (χ3v) is 5.38. The molecule has 0 aliphatic rings. The van der Waals surface area contributed by atoms with E-state index in [4.69, 9.17) is 17.0 Å². The van der Waals surface area contributed by atoms with Gasteiger partial charge in [0.2, 0.25) is 0 Å². The van der Waals surface area contributed by atoms with E-state index >= 15 is 0 Å². The van der Waals surface area contributed by atoms with Gasteiger partial charge >= 0.3 is 0 Å². The lowest BCUT2D eigenvalue weighted by Gasteiger charge is -2.28. The zero-order valence-corrected chi connectivity index (χ0v) is 18.0. The van der Waals surface area contributed by atoms with Crippen LogP contribution in [-0.2, 0) is 6.54 Å². The van der Waals surface area contributed by atoms with Crippen LogP contribution in [0, 0.1) is 0 Å². The first-order valence-corrected chi connectivity index (χ1v) is 10.3. The minimum absolute atomic E-state index is 0.0227. The second-order valence-electron chi connectivity index (χ2n) is 7.16. The molecule has 0 aliphatic carbocycles. The number of benzene rings is 2. The number of rotatable bonds is 8. The van der Waals surface area contributed by atoms with E-state index in [9.17, 15) is 9.90 Å². The lowest BCUT2D eigenvalue weighted by Crippen LogP contribution is -2.42. The van der Waals surface area contributed by atoms with Gasteiger partial charge < -0.3 is 25.0 Å². The number of nitrogens with one attached hydrogen (secondary N) is 2. The van der Waals surface area contributed by atoms with Gasteiger partial charge in [-0.3, -0.25) is 4.79 Å². The third kappa shape index (κ3) is 5.37. The highest BCUT2D eigenvalue weighted by atomic mass is 32.1. The van der Waals surface area contributed by atoms with E-state index in [0.717, 1.165) is 22.2 Å². The van der Waals surface area contributed by atoms with Gasteiger partial charge in [-0.05, 0) is 55.4 Å². The fourth-order valence-electron chi connectivity index (χ4n) is 3.30. The van der Waals surface area contributed by atoms with Crippen LogP contribution >= 0.6 is 12.2 Å². The van der Waals surface area contributed by atoms with Gasteiger partial charge in [-0.1, -0.05) is 30.3 Å². The molecule has 0 amide bonds. The van der Waals surface area contributed by atoms with Crippen LogP contribution in [0.1, 0.15) is 30.5 Å². The summed E-state index contributed by atoms with van der Waals surface area (Å²) < 4.78 is 5.29. The predicted molar refractivity (Wildman–Crippen MR) is 124 cm³/mol. The van der Waals surface area contributed by atoms with E-state index in [1.165, 1.54) is 0 Å². The molecule has 1 aromatic heterocycles.